The Hall–Kier alpha value is -0.730. The van der Waals surface area contributed by atoms with E-state index in [2.05, 4.69) is 17.9 Å². The fourth-order valence-electron chi connectivity index (χ4n) is 1.55. The third kappa shape index (κ3) is 2.02. The molecule has 1 radical (unpaired) electrons. The second kappa shape index (κ2) is 4.20. The fourth-order valence-corrected chi connectivity index (χ4v) is 1.73. The standard InChI is InChI=1S/C11H13ClNO/c1-9-2-3-10(8-11(9)12)13-4-6-14-7-5-13/h2-3,8H,1,4-7H2. The van der Waals surface area contributed by atoms with Crippen LogP contribution in [0.5, 0.6) is 0 Å². The van der Waals surface area contributed by atoms with Crippen molar-refractivity contribution in [2.75, 3.05) is 31.2 Å². The zero-order valence-corrected chi connectivity index (χ0v) is 8.76. The lowest BCUT2D eigenvalue weighted by Crippen LogP contribution is -2.36. The van der Waals surface area contributed by atoms with Crippen LogP contribution in [0.3, 0.4) is 0 Å². The molecule has 1 aliphatic rings. The molecular formula is C11H13ClNO. The van der Waals surface area contributed by atoms with Crippen molar-refractivity contribution in [2.45, 2.75) is 0 Å². The van der Waals surface area contributed by atoms with E-state index >= 15 is 0 Å². The number of hydrogen-bond donors (Lipinski definition) is 0. The molecule has 2 nitrogen and oxygen atoms in total. The van der Waals surface area contributed by atoms with Crippen LogP contribution in [0.25, 0.3) is 0 Å². The lowest BCUT2D eigenvalue weighted by Gasteiger charge is -2.29. The van der Waals surface area contributed by atoms with Gasteiger partial charge in [-0.15, -0.1) is 0 Å². The van der Waals surface area contributed by atoms with Crippen molar-refractivity contribution in [3.63, 3.8) is 0 Å². The predicted octanol–water partition coefficient (Wildman–Crippen LogP) is 2.36. The number of anilines is 1. The van der Waals surface area contributed by atoms with Crippen LogP contribution in [-0.2, 0) is 4.74 Å². The number of rotatable bonds is 1. The molecule has 0 spiro atoms. The molecule has 1 fully saturated rings. The Labute approximate surface area is 89.4 Å². The highest BCUT2D eigenvalue weighted by Gasteiger charge is 2.11. The third-order valence-corrected chi connectivity index (χ3v) is 2.76. The molecule has 0 bridgehead atoms. The number of benzene rings is 1. The van der Waals surface area contributed by atoms with Crippen LogP contribution in [0.15, 0.2) is 18.2 Å². The van der Waals surface area contributed by atoms with E-state index < -0.39 is 0 Å². The van der Waals surface area contributed by atoms with Crippen LogP contribution < -0.4 is 4.90 Å². The third-order valence-electron chi connectivity index (χ3n) is 2.41. The number of hydrogen-bond acceptors (Lipinski definition) is 2. The maximum Gasteiger partial charge on any atom is 0.0642 e. The molecule has 1 aliphatic heterocycles. The summed E-state index contributed by atoms with van der Waals surface area (Å²) in [5, 5.41) is 0.731. The summed E-state index contributed by atoms with van der Waals surface area (Å²) in [7, 11) is 0. The summed E-state index contributed by atoms with van der Waals surface area (Å²) in [6, 6.07) is 5.97. The topological polar surface area (TPSA) is 12.5 Å². The number of nitrogens with zero attached hydrogens (tertiary/aromatic N) is 1. The first kappa shape index (κ1) is 9.81. The minimum Gasteiger partial charge on any atom is -0.378 e. The Morgan fingerprint density at radius 3 is 2.64 bits per heavy atom. The molecule has 0 aromatic heterocycles. The van der Waals surface area contributed by atoms with Crippen molar-refractivity contribution in [1.29, 1.82) is 0 Å². The molecule has 0 amide bonds. The molecule has 0 atom stereocenters. The maximum atomic E-state index is 6.01. The van der Waals surface area contributed by atoms with Crippen molar-refractivity contribution < 1.29 is 4.74 Å². The van der Waals surface area contributed by atoms with Crippen LogP contribution in [0.1, 0.15) is 5.56 Å². The van der Waals surface area contributed by atoms with Gasteiger partial charge >= 0.3 is 0 Å². The van der Waals surface area contributed by atoms with E-state index in [1.807, 2.05) is 12.1 Å². The Kier molecular flexibility index (Phi) is 2.94. The van der Waals surface area contributed by atoms with E-state index in [9.17, 15) is 0 Å². The fraction of sp³-hybridized carbons (Fsp3) is 0.364. The van der Waals surface area contributed by atoms with Crippen LogP contribution in [0, 0.1) is 6.92 Å². The summed E-state index contributed by atoms with van der Waals surface area (Å²) in [5.41, 5.74) is 2.04. The zero-order valence-electron chi connectivity index (χ0n) is 8.00. The Bertz CT molecular complexity index is 321. The summed E-state index contributed by atoms with van der Waals surface area (Å²) >= 11 is 6.01. The monoisotopic (exact) mass is 210 g/mol. The molecule has 2 rings (SSSR count). The van der Waals surface area contributed by atoms with Crippen LogP contribution in [-0.4, -0.2) is 26.3 Å². The van der Waals surface area contributed by atoms with E-state index in [1.54, 1.807) is 0 Å². The number of halogens is 1. The van der Waals surface area contributed by atoms with Gasteiger partial charge in [-0.25, -0.2) is 0 Å². The van der Waals surface area contributed by atoms with E-state index in [4.69, 9.17) is 16.3 Å². The van der Waals surface area contributed by atoms with Gasteiger partial charge in [0.1, 0.15) is 0 Å². The normalized spacial score (nSPS) is 17.1. The van der Waals surface area contributed by atoms with Gasteiger partial charge < -0.3 is 9.64 Å². The van der Waals surface area contributed by atoms with Gasteiger partial charge in [-0.05, 0) is 24.6 Å². The molecule has 3 heteroatoms. The molecule has 1 aromatic carbocycles. The molecule has 1 saturated heterocycles. The molecule has 0 unspecified atom stereocenters. The molecule has 75 valence electrons. The highest BCUT2D eigenvalue weighted by atomic mass is 35.5. The van der Waals surface area contributed by atoms with Crippen molar-refractivity contribution in [1.82, 2.24) is 0 Å². The average Bonchev–Trinajstić information content (AvgIpc) is 2.23. The van der Waals surface area contributed by atoms with E-state index in [-0.39, 0.29) is 0 Å². The van der Waals surface area contributed by atoms with Crippen LogP contribution in [0.4, 0.5) is 5.69 Å². The van der Waals surface area contributed by atoms with Gasteiger partial charge in [-0.3, -0.25) is 0 Å². The van der Waals surface area contributed by atoms with Crippen molar-refractivity contribution in [2.24, 2.45) is 0 Å². The SMILES string of the molecule is [CH2]c1ccc(N2CCOCC2)cc1Cl. The second-order valence-electron chi connectivity index (χ2n) is 3.38. The predicted molar refractivity (Wildman–Crippen MR) is 58.9 cm³/mol. The highest BCUT2D eigenvalue weighted by Crippen LogP contribution is 2.23. The van der Waals surface area contributed by atoms with Crippen molar-refractivity contribution in [3.05, 3.63) is 35.7 Å². The largest absolute Gasteiger partial charge is 0.378 e. The van der Waals surface area contributed by atoms with Gasteiger partial charge in [0.05, 0.1) is 13.2 Å². The smallest absolute Gasteiger partial charge is 0.0642 e. The molecule has 14 heavy (non-hydrogen) atoms. The first-order valence-electron chi connectivity index (χ1n) is 4.71. The lowest BCUT2D eigenvalue weighted by atomic mass is 10.2. The number of ether oxygens (including phenoxy) is 1. The Morgan fingerprint density at radius 2 is 2.00 bits per heavy atom. The van der Waals surface area contributed by atoms with Gasteiger partial charge in [0.25, 0.3) is 0 Å². The van der Waals surface area contributed by atoms with Crippen molar-refractivity contribution >= 4 is 17.3 Å². The van der Waals surface area contributed by atoms with Gasteiger partial charge in [0.15, 0.2) is 0 Å². The zero-order chi connectivity index (χ0) is 9.97. The molecule has 1 heterocycles. The first-order valence-corrected chi connectivity index (χ1v) is 5.09. The van der Waals surface area contributed by atoms with Crippen LogP contribution >= 0.6 is 11.6 Å². The molecule has 1 aromatic rings. The molecule has 0 aliphatic carbocycles. The summed E-state index contributed by atoms with van der Waals surface area (Å²) in [4.78, 5) is 2.27. The summed E-state index contributed by atoms with van der Waals surface area (Å²) in [6.45, 7) is 7.30. The Balaban J connectivity index is 2.18. The summed E-state index contributed by atoms with van der Waals surface area (Å²) in [5.74, 6) is 0. The molecular weight excluding hydrogens is 198 g/mol. The lowest BCUT2D eigenvalue weighted by molar-refractivity contribution is 0.122. The first-order chi connectivity index (χ1) is 6.77. The van der Waals surface area contributed by atoms with E-state index in [0.717, 1.165) is 42.6 Å². The molecule has 0 N–H and O–H groups in total. The van der Waals surface area contributed by atoms with Gasteiger partial charge in [-0.1, -0.05) is 17.7 Å². The van der Waals surface area contributed by atoms with E-state index in [0.29, 0.717) is 0 Å². The minimum atomic E-state index is 0.731. The average molecular weight is 211 g/mol. The van der Waals surface area contributed by atoms with Gasteiger partial charge in [-0.2, -0.15) is 0 Å². The second-order valence-corrected chi connectivity index (χ2v) is 3.78. The summed E-state index contributed by atoms with van der Waals surface area (Å²) < 4.78 is 5.29. The van der Waals surface area contributed by atoms with Gasteiger partial charge in [0, 0.05) is 23.8 Å². The minimum absolute atomic E-state index is 0.731. The van der Waals surface area contributed by atoms with Crippen molar-refractivity contribution in [3.8, 4) is 0 Å². The van der Waals surface area contributed by atoms with E-state index in [1.165, 1.54) is 0 Å². The van der Waals surface area contributed by atoms with Gasteiger partial charge in [0.2, 0.25) is 0 Å². The quantitative estimate of drug-likeness (QED) is 0.706. The van der Waals surface area contributed by atoms with Crippen LogP contribution in [0.2, 0.25) is 5.02 Å². The number of morpholine rings is 1. The Morgan fingerprint density at radius 1 is 1.29 bits per heavy atom. The highest BCUT2D eigenvalue weighted by molar-refractivity contribution is 6.31. The summed E-state index contributed by atoms with van der Waals surface area (Å²) in [6.07, 6.45) is 0. The maximum absolute atomic E-state index is 6.01. The molecule has 0 saturated carbocycles.